The first-order chi connectivity index (χ1) is 6.77. The second kappa shape index (κ2) is 4.07. The summed E-state index contributed by atoms with van der Waals surface area (Å²) in [5.74, 6) is -0.228. The fourth-order valence-electron chi connectivity index (χ4n) is 1.79. The van der Waals surface area contributed by atoms with Crippen molar-refractivity contribution in [2.75, 3.05) is 6.61 Å². The van der Waals surface area contributed by atoms with Gasteiger partial charge in [-0.2, -0.15) is 0 Å². The van der Waals surface area contributed by atoms with Crippen LogP contribution in [0, 0.1) is 5.82 Å². The average Bonchev–Trinajstić information content (AvgIpc) is 2.71. The number of nitrogens with two attached hydrogens (primary N) is 1. The molecule has 14 heavy (non-hydrogen) atoms. The van der Waals surface area contributed by atoms with Gasteiger partial charge in [-0.25, -0.2) is 4.39 Å². The fraction of sp³-hybridized carbons (Fsp3) is 0.455. The summed E-state index contributed by atoms with van der Waals surface area (Å²) in [7, 11) is 0. The van der Waals surface area contributed by atoms with Crippen LogP contribution in [-0.2, 0) is 4.74 Å². The lowest BCUT2D eigenvalue weighted by atomic mass is 10.0. The predicted octanol–water partition coefficient (Wildman–Crippen LogP) is 2.00. The van der Waals surface area contributed by atoms with Gasteiger partial charge in [-0.05, 0) is 30.5 Å². The molecule has 0 radical (unpaired) electrons. The van der Waals surface area contributed by atoms with Crippen LogP contribution in [0.3, 0.4) is 0 Å². The lowest BCUT2D eigenvalue weighted by molar-refractivity contribution is 0.0900. The van der Waals surface area contributed by atoms with E-state index >= 15 is 0 Å². The molecule has 76 valence electrons. The first kappa shape index (κ1) is 9.62. The van der Waals surface area contributed by atoms with E-state index in [1.807, 2.05) is 0 Å². The van der Waals surface area contributed by atoms with Gasteiger partial charge in [-0.3, -0.25) is 0 Å². The topological polar surface area (TPSA) is 35.2 Å². The minimum Gasteiger partial charge on any atom is -0.376 e. The third kappa shape index (κ3) is 1.94. The normalized spacial score (nSPS) is 23.7. The summed E-state index contributed by atoms with van der Waals surface area (Å²) in [4.78, 5) is 0. The van der Waals surface area contributed by atoms with Crippen molar-refractivity contribution in [3.05, 3.63) is 35.6 Å². The van der Waals surface area contributed by atoms with Crippen molar-refractivity contribution in [1.29, 1.82) is 0 Å². The summed E-state index contributed by atoms with van der Waals surface area (Å²) < 4.78 is 18.1. The van der Waals surface area contributed by atoms with E-state index in [0.717, 1.165) is 25.0 Å². The monoisotopic (exact) mass is 195 g/mol. The Labute approximate surface area is 82.9 Å². The Morgan fingerprint density at radius 1 is 1.36 bits per heavy atom. The summed E-state index contributed by atoms with van der Waals surface area (Å²) >= 11 is 0. The van der Waals surface area contributed by atoms with E-state index in [1.54, 1.807) is 12.1 Å². The van der Waals surface area contributed by atoms with Gasteiger partial charge in [-0.15, -0.1) is 0 Å². The van der Waals surface area contributed by atoms with E-state index in [1.165, 1.54) is 12.1 Å². The third-order valence-electron chi connectivity index (χ3n) is 2.62. The highest BCUT2D eigenvalue weighted by Gasteiger charge is 2.23. The first-order valence-electron chi connectivity index (χ1n) is 4.90. The smallest absolute Gasteiger partial charge is 0.123 e. The highest BCUT2D eigenvalue weighted by molar-refractivity contribution is 5.20. The lowest BCUT2D eigenvalue weighted by Crippen LogP contribution is -2.25. The molecule has 1 saturated heterocycles. The molecular formula is C11H14FNO. The SMILES string of the molecule is N[C@H](c1ccc(F)cc1)[C@H]1CCCO1. The van der Waals surface area contributed by atoms with Crippen LogP contribution in [-0.4, -0.2) is 12.7 Å². The van der Waals surface area contributed by atoms with Crippen LogP contribution in [0.4, 0.5) is 4.39 Å². The molecule has 2 rings (SSSR count). The van der Waals surface area contributed by atoms with E-state index in [-0.39, 0.29) is 18.0 Å². The van der Waals surface area contributed by atoms with E-state index < -0.39 is 0 Å². The number of ether oxygens (including phenoxy) is 1. The molecule has 0 aliphatic carbocycles. The zero-order chi connectivity index (χ0) is 9.97. The Hall–Kier alpha value is -0.930. The second-order valence-electron chi connectivity index (χ2n) is 3.63. The van der Waals surface area contributed by atoms with Gasteiger partial charge in [0.25, 0.3) is 0 Å². The van der Waals surface area contributed by atoms with E-state index in [0.29, 0.717) is 0 Å². The van der Waals surface area contributed by atoms with Gasteiger partial charge >= 0.3 is 0 Å². The van der Waals surface area contributed by atoms with Crippen LogP contribution in [0.2, 0.25) is 0 Å². The highest BCUT2D eigenvalue weighted by Crippen LogP contribution is 2.24. The number of benzene rings is 1. The third-order valence-corrected chi connectivity index (χ3v) is 2.62. The predicted molar refractivity (Wildman–Crippen MR) is 52.3 cm³/mol. The van der Waals surface area contributed by atoms with Gasteiger partial charge in [0.15, 0.2) is 0 Å². The maximum atomic E-state index is 12.7. The van der Waals surface area contributed by atoms with Crippen molar-refractivity contribution in [1.82, 2.24) is 0 Å². The molecule has 2 atom stereocenters. The summed E-state index contributed by atoms with van der Waals surface area (Å²) in [5, 5.41) is 0. The molecule has 1 aromatic carbocycles. The summed E-state index contributed by atoms with van der Waals surface area (Å²) in [6, 6.07) is 6.19. The van der Waals surface area contributed by atoms with Gasteiger partial charge in [0.05, 0.1) is 12.1 Å². The molecular weight excluding hydrogens is 181 g/mol. The molecule has 2 nitrogen and oxygen atoms in total. The summed E-state index contributed by atoms with van der Waals surface area (Å²) in [6.45, 7) is 0.791. The number of hydrogen-bond donors (Lipinski definition) is 1. The highest BCUT2D eigenvalue weighted by atomic mass is 19.1. The Bertz CT molecular complexity index is 293. The Kier molecular flexibility index (Phi) is 2.79. The molecule has 0 aromatic heterocycles. The van der Waals surface area contributed by atoms with Crippen molar-refractivity contribution in [3.63, 3.8) is 0 Å². The van der Waals surface area contributed by atoms with Crippen LogP contribution < -0.4 is 5.73 Å². The number of rotatable bonds is 2. The van der Waals surface area contributed by atoms with Crippen molar-refractivity contribution < 1.29 is 9.13 Å². The van der Waals surface area contributed by atoms with Gasteiger partial charge in [0.1, 0.15) is 5.82 Å². The largest absolute Gasteiger partial charge is 0.376 e. The van der Waals surface area contributed by atoms with Crippen molar-refractivity contribution >= 4 is 0 Å². The number of halogens is 1. The van der Waals surface area contributed by atoms with E-state index in [2.05, 4.69) is 0 Å². The molecule has 0 unspecified atom stereocenters. The Morgan fingerprint density at radius 2 is 2.07 bits per heavy atom. The molecule has 1 aliphatic rings. The van der Waals surface area contributed by atoms with Crippen molar-refractivity contribution in [3.8, 4) is 0 Å². The zero-order valence-electron chi connectivity index (χ0n) is 7.95. The first-order valence-corrected chi connectivity index (χ1v) is 4.90. The van der Waals surface area contributed by atoms with Crippen molar-refractivity contribution in [2.24, 2.45) is 5.73 Å². The molecule has 1 aliphatic heterocycles. The van der Waals surface area contributed by atoms with Gasteiger partial charge in [0, 0.05) is 6.61 Å². The zero-order valence-corrected chi connectivity index (χ0v) is 7.95. The number of hydrogen-bond acceptors (Lipinski definition) is 2. The van der Waals surface area contributed by atoms with Gasteiger partial charge in [-0.1, -0.05) is 12.1 Å². The van der Waals surface area contributed by atoms with Crippen molar-refractivity contribution in [2.45, 2.75) is 25.0 Å². The molecule has 0 saturated carbocycles. The van der Waals surface area contributed by atoms with Crippen LogP contribution in [0.25, 0.3) is 0 Å². The van der Waals surface area contributed by atoms with Crippen LogP contribution in [0.1, 0.15) is 24.4 Å². The molecule has 1 heterocycles. The molecule has 1 aromatic rings. The van der Waals surface area contributed by atoms with Gasteiger partial charge in [0.2, 0.25) is 0 Å². The second-order valence-corrected chi connectivity index (χ2v) is 3.63. The molecule has 1 fully saturated rings. The maximum Gasteiger partial charge on any atom is 0.123 e. The minimum atomic E-state index is -0.228. The summed E-state index contributed by atoms with van der Waals surface area (Å²) in [6.07, 6.45) is 2.17. The Balaban J connectivity index is 2.09. The fourth-order valence-corrected chi connectivity index (χ4v) is 1.79. The summed E-state index contributed by atoms with van der Waals surface area (Å²) in [5.41, 5.74) is 6.95. The molecule has 2 N–H and O–H groups in total. The maximum absolute atomic E-state index is 12.7. The van der Waals surface area contributed by atoms with E-state index in [4.69, 9.17) is 10.5 Å². The quantitative estimate of drug-likeness (QED) is 0.783. The lowest BCUT2D eigenvalue weighted by Gasteiger charge is -2.18. The van der Waals surface area contributed by atoms with Crippen LogP contribution in [0.15, 0.2) is 24.3 Å². The standard InChI is InChI=1S/C11H14FNO/c12-9-5-3-8(4-6-9)11(13)10-2-1-7-14-10/h3-6,10-11H,1-2,7,13H2/t10-,11-/m1/s1. The minimum absolute atomic E-state index is 0.0976. The van der Waals surface area contributed by atoms with E-state index in [9.17, 15) is 4.39 Å². The molecule has 0 amide bonds. The molecule has 3 heteroatoms. The molecule has 0 spiro atoms. The molecule has 0 bridgehead atoms. The van der Waals surface area contributed by atoms with Crippen LogP contribution in [0.5, 0.6) is 0 Å². The van der Waals surface area contributed by atoms with Gasteiger partial charge < -0.3 is 10.5 Å². The van der Waals surface area contributed by atoms with Crippen LogP contribution >= 0.6 is 0 Å². The average molecular weight is 195 g/mol. The Morgan fingerprint density at radius 3 is 2.64 bits per heavy atom.